The molecule has 1 aliphatic rings. The summed E-state index contributed by atoms with van der Waals surface area (Å²) in [5.74, 6) is 1.58. The molecule has 0 amide bonds. The average molecular weight is 220 g/mol. The molecule has 0 unspecified atom stereocenters. The minimum atomic E-state index is 0.663. The normalized spacial score (nSPS) is 21.9. The van der Waals surface area contributed by atoms with Crippen LogP contribution in [0.2, 0.25) is 0 Å². The number of likely N-dealkylation sites (tertiary alicyclic amines) is 1. The summed E-state index contributed by atoms with van der Waals surface area (Å²) in [5.41, 5.74) is 6.40. The van der Waals surface area contributed by atoms with Gasteiger partial charge >= 0.3 is 0 Å². The molecule has 88 valence electrons. The largest absolute Gasteiger partial charge is 0.493 e. The highest BCUT2D eigenvalue weighted by Gasteiger charge is 2.17. The standard InChI is InChI=1S/C13H20N2O/c1-15-8-2-3-11(9-15)10-16-13-6-4-12(14)5-7-13/h4-7,11H,2-3,8-10,14H2,1H3/t11-/m0/s1. The van der Waals surface area contributed by atoms with E-state index >= 15 is 0 Å². The molecule has 0 aliphatic carbocycles. The Morgan fingerprint density at radius 2 is 2.12 bits per heavy atom. The second kappa shape index (κ2) is 5.21. The third kappa shape index (κ3) is 3.14. The van der Waals surface area contributed by atoms with Gasteiger partial charge in [0.15, 0.2) is 0 Å². The van der Waals surface area contributed by atoms with Crippen LogP contribution in [0.25, 0.3) is 0 Å². The number of piperidine rings is 1. The fraction of sp³-hybridized carbons (Fsp3) is 0.538. The third-order valence-corrected chi connectivity index (χ3v) is 3.09. The first-order chi connectivity index (χ1) is 7.74. The maximum absolute atomic E-state index is 5.77. The van der Waals surface area contributed by atoms with Gasteiger partial charge in [-0.1, -0.05) is 0 Å². The lowest BCUT2D eigenvalue weighted by atomic mass is 10.00. The quantitative estimate of drug-likeness (QED) is 0.792. The smallest absolute Gasteiger partial charge is 0.119 e. The van der Waals surface area contributed by atoms with Gasteiger partial charge in [-0.15, -0.1) is 0 Å². The van der Waals surface area contributed by atoms with Crippen molar-refractivity contribution in [2.24, 2.45) is 5.92 Å². The lowest BCUT2D eigenvalue weighted by Crippen LogP contribution is -2.34. The Bertz CT molecular complexity index is 323. The van der Waals surface area contributed by atoms with Crippen molar-refractivity contribution in [1.29, 1.82) is 0 Å². The van der Waals surface area contributed by atoms with E-state index in [1.54, 1.807) is 0 Å². The van der Waals surface area contributed by atoms with E-state index in [1.807, 2.05) is 24.3 Å². The summed E-state index contributed by atoms with van der Waals surface area (Å²) in [7, 11) is 2.18. The number of nitrogen functional groups attached to an aromatic ring is 1. The van der Waals surface area contributed by atoms with Crippen LogP contribution in [0, 0.1) is 5.92 Å². The highest BCUT2D eigenvalue weighted by molar-refractivity contribution is 5.41. The van der Waals surface area contributed by atoms with E-state index in [0.717, 1.165) is 24.6 Å². The molecule has 0 bridgehead atoms. The third-order valence-electron chi connectivity index (χ3n) is 3.09. The van der Waals surface area contributed by atoms with E-state index in [-0.39, 0.29) is 0 Å². The van der Waals surface area contributed by atoms with Crippen molar-refractivity contribution in [2.75, 3.05) is 32.5 Å². The van der Waals surface area contributed by atoms with Crippen molar-refractivity contribution in [3.05, 3.63) is 24.3 Å². The van der Waals surface area contributed by atoms with Crippen LogP contribution in [-0.2, 0) is 0 Å². The molecule has 0 saturated carbocycles. The van der Waals surface area contributed by atoms with E-state index in [4.69, 9.17) is 10.5 Å². The Labute approximate surface area is 97.2 Å². The molecule has 2 N–H and O–H groups in total. The number of hydrogen-bond acceptors (Lipinski definition) is 3. The van der Waals surface area contributed by atoms with Crippen molar-refractivity contribution >= 4 is 5.69 Å². The Hall–Kier alpha value is -1.22. The van der Waals surface area contributed by atoms with Crippen LogP contribution in [0.5, 0.6) is 5.75 Å². The van der Waals surface area contributed by atoms with Crippen LogP contribution >= 0.6 is 0 Å². The molecule has 1 aromatic carbocycles. The number of hydrogen-bond donors (Lipinski definition) is 1. The fourth-order valence-electron chi connectivity index (χ4n) is 2.19. The van der Waals surface area contributed by atoms with Crippen LogP contribution < -0.4 is 10.5 Å². The summed E-state index contributed by atoms with van der Waals surface area (Å²) in [5, 5.41) is 0. The Morgan fingerprint density at radius 3 is 2.81 bits per heavy atom. The maximum Gasteiger partial charge on any atom is 0.119 e. The average Bonchev–Trinajstić information content (AvgIpc) is 2.28. The van der Waals surface area contributed by atoms with Crippen LogP contribution in [0.15, 0.2) is 24.3 Å². The van der Waals surface area contributed by atoms with Gasteiger partial charge in [0, 0.05) is 18.2 Å². The van der Waals surface area contributed by atoms with Gasteiger partial charge in [0.2, 0.25) is 0 Å². The Kier molecular flexibility index (Phi) is 3.67. The number of rotatable bonds is 3. The zero-order valence-electron chi connectivity index (χ0n) is 9.86. The predicted molar refractivity (Wildman–Crippen MR) is 66.6 cm³/mol. The van der Waals surface area contributed by atoms with Gasteiger partial charge in [-0.3, -0.25) is 0 Å². The first kappa shape index (κ1) is 11.3. The van der Waals surface area contributed by atoms with Crippen molar-refractivity contribution in [3.63, 3.8) is 0 Å². The SMILES string of the molecule is CN1CCC[C@H](COc2ccc(N)cc2)C1. The number of benzene rings is 1. The molecular formula is C13H20N2O. The van der Waals surface area contributed by atoms with Gasteiger partial charge < -0.3 is 15.4 Å². The number of ether oxygens (including phenoxy) is 1. The van der Waals surface area contributed by atoms with E-state index in [1.165, 1.54) is 19.4 Å². The monoisotopic (exact) mass is 220 g/mol. The van der Waals surface area contributed by atoms with E-state index in [2.05, 4.69) is 11.9 Å². The molecule has 1 aromatic rings. The topological polar surface area (TPSA) is 38.5 Å². The molecule has 16 heavy (non-hydrogen) atoms. The van der Waals surface area contributed by atoms with E-state index in [9.17, 15) is 0 Å². The molecule has 1 fully saturated rings. The maximum atomic E-state index is 5.77. The highest BCUT2D eigenvalue weighted by Crippen LogP contribution is 2.18. The Balaban J connectivity index is 1.80. The van der Waals surface area contributed by atoms with Crippen molar-refractivity contribution < 1.29 is 4.74 Å². The molecule has 3 nitrogen and oxygen atoms in total. The minimum absolute atomic E-state index is 0.663. The molecular weight excluding hydrogens is 200 g/mol. The fourth-order valence-corrected chi connectivity index (χ4v) is 2.19. The zero-order valence-corrected chi connectivity index (χ0v) is 9.86. The molecule has 0 aromatic heterocycles. The molecule has 1 atom stereocenters. The lowest BCUT2D eigenvalue weighted by molar-refractivity contribution is 0.150. The summed E-state index contributed by atoms with van der Waals surface area (Å²) in [6.45, 7) is 3.18. The summed E-state index contributed by atoms with van der Waals surface area (Å²) >= 11 is 0. The first-order valence-corrected chi connectivity index (χ1v) is 5.91. The first-order valence-electron chi connectivity index (χ1n) is 5.91. The highest BCUT2D eigenvalue weighted by atomic mass is 16.5. The van der Waals surface area contributed by atoms with E-state index < -0.39 is 0 Å². The second-order valence-electron chi connectivity index (χ2n) is 4.65. The van der Waals surface area contributed by atoms with E-state index in [0.29, 0.717) is 5.92 Å². The number of nitrogens with zero attached hydrogens (tertiary/aromatic N) is 1. The molecule has 0 radical (unpaired) electrons. The van der Waals surface area contributed by atoms with Crippen molar-refractivity contribution in [2.45, 2.75) is 12.8 Å². The van der Waals surface area contributed by atoms with Crippen molar-refractivity contribution in [1.82, 2.24) is 4.90 Å². The number of nitrogens with two attached hydrogens (primary N) is 1. The summed E-state index contributed by atoms with van der Waals surface area (Å²) in [4.78, 5) is 2.38. The van der Waals surface area contributed by atoms with Gasteiger partial charge in [0.25, 0.3) is 0 Å². The molecule has 0 spiro atoms. The lowest BCUT2D eigenvalue weighted by Gasteiger charge is -2.29. The van der Waals surface area contributed by atoms with Crippen LogP contribution in [0.4, 0.5) is 5.69 Å². The van der Waals surface area contributed by atoms with Gasteiger partial charge in [-0.05, 0) is 50.7 Å². The van der Waals surface area contributed by atoms with Crippen LogP contribution in [0.3, 0.4) is 0 Å². The van der Waals surface area contributed by atoms with Crippen molar-refractivity contribution in [3.8, 4) is 5.75 Å². The summed E-state index contributed by atoms with van der Waals surface area (Å²) in [6, 6.07) is 7.62. The molecule has 3 heteroatoms. The molecule has 2 rings (SSSR count). The summed E-state index contributed by atoms with van der Waals surface area (Å²) in [6.07, 6.45) is 2.56. The summed E-state index contributed by atoms with van der Waals surface area (Å²) < 4.78 is 5.77. The number of anilines is 1. The minimum Gasteiger partial charge on any atom is -0.493 e. The van der Waals surface area contributed by atoms with Gasteiger partial charge in [0.05, 0.1) is 6.61 Å². The van der Waals surface area contributed by atoms with Crippen LogP contribution in [0.1, 0.15) is 12.8 Å². The predicted octanol–water partition coefficient (Wildman–Crippen LogP) is 1.99. The molecule has 1 heterocycles. The van der Waals surface area contributed by atoms with Gasteiger partial charge in [0.1, 0.15) is 5.75 Å². The van der Waals surface area contributed by atoms with Gasteiger partial charge in [-0.25, -0.2) is 0 Å². The zero-order chi connectivity index (χ0) is 11.4. The van der Waals surface area contributed by atoms with Gasteiger partial charge in [-0.2, -0.15) is 0 Å². The van der Waals surface area contributed by atoms with Crippen LogP contribution in [-0.4, -0.2) is 31.6 Å². The Morgan fingerprint density at radius 1 is 1.38 bits per heavy atom. The molecule has 1 aliphatic heterocycles. The second-order valence-corrected chi connectivity index (χ2v) is 4.65. The molecule has 1 saturated heterocycles.